The molecule has 6 nitrogen and oxygen atoms in total. The summed E-state index contributed by atoms with van der Waals surface area (Å²) < 4.78 is 0. The van der Waals surface area contributed by atoms with Crippen LogP contribution >= 0.6 is 11.6 Å². The van der Waals surface area contributed by atoms with Gasteiger partial charge in [0.2, 0.25) is 0 Å². The van der Waals surface area contributed by atoms with E-state index in [9.17, 15) is 9.59 Å². The highest BCUT2D eigenvalue weighted by Gasteiger charge is 2.20. The van der Waals surface area contributed by atoms with Gasteiger partial charge in [0, 0.05) is 30.0 Å². The molecule has 0 saturated heterocycles. The standard InChI is InChI=1S/C21H23ClN4O2/c22-15-7-9-16(10-8-15)24-12-3-1-2-4-13-25-18-19(21(28)20(18)27)26-17-6-5-11-23-14-17/h5-11,14,24-26H,1-4,12-13H2. The molecule has 0 unspecified atom stereocenters. The van der Waals surface area contributed by atoms with Gasteiger partial charge in [-0.1, -0.05) is 24.4 Å². The van der Waals surface area contributed by atoms with Crippen molar-refractivity contribution in [3.05, 3.63) is 74.3 Å². The SMILES string of the molecule is O=c1c(NCCCCCCNc2ccc(Cl)cc2)c(Nc2cccnc2)c1=O. The second kappa shape index (κ2) is 9.90. The molecule has 2 aromatic carbocycles. The van der Waals surface area contributed by atoms with Crippen molar-refractivity contribution in [2.24, 2.45) is 0 Å². The summed E-state index contributed by atoms with van der Waals surface area (Å²) in [6.07, 6.45) is 7.41. The summed E-state index contributed by atoms with van der Waals surface area (Å²) in [5.74, 6) is 0. The number of rotatable bonds is 11. The van der Waals surface area contributed by atoms with Crippen molar-refractivity contribution in [1.29, 1.82) is 0 Å². The van der Waals surface area contributed by atoms with Gasteiger partial charge in [-0.05, 0) is 49.2 Å². The van der Waals surface area contributed by atoms with E-state index >= 15 is 0 Å². The van der Waals surface area contributed by atoms with Crippen molar-refractivity contribution in [2.45, 2.75) is 25.7 Å². The molecular formula is C21H23ClN4O2. The van der Waals surface area contributed by atoms with Crippen molar-refractivity contribution in [3.63, 3.8) is 0 Å². The molecule has 0 atom stereocenters. The maximum Gasteiger partial charge on any atom is 0.253 e. The fourth-order valence-electron chi connectivity index (χ4n) is 2.88. The molecule has 3 rings (SSSR count). The van der Waals surface area contributed by atoms with E-state index in [0.29, 0.717) is 23.6 Å². The van der Waals surface area contributed by atoms with Crippen LogP contribution in [-0.2, 0) is 0 Å². The molecule has 1 aromatic heterocycles. The van der Waals surface area contributed by atoms with Crippen LogP contribution in [0.3, 0.4) is 0 Å². The molecular weight excluding hydrogens is 376 g/mol. The van der Waals surface area contributed by atoms with Gasteiger partial charge in [0.05, 0.1) is 11.9 Å². The minimum absolute atomic E-state index is 0.324. The molecule has 7 heteroatoms. The first-order valence-corrected chi connectivity index (χ1v) is 9.76. The molecule has 0 fully saturated rings. The number of unbranched alkanes of at least 4 members (excludes halogenated alkanes) is 3. The van der Waals surface area contributed by atoms with Crippen LogP contribution in [0, 0.1) is 0 Å². The van der Waals surface area contributed by atoms with E-state index in [1.807, 2.05) is 24.3 Å². The summed E-state index contributed by atoms with van der Waals surface area (Å²) in [5.41, 5.74) is 1.51. The Morgan fingerprint density at radius 2 is 1.46 bits per heavy atom. The van der Waals surface area contributed by atoms with Crippen molar-refractivity contribution in [3.8, 4) is 0 Å². The summed E-state index contributed by atoms with van der Waals surface area (Å²) in [4.78, 5) is 27.5. The highest BCUT2D eigenvalue weighted by Crippen LogP contribution is 2.20. The highest BCUT2D eigenvalue weighted by molar-refractivity contribution is 6.30. The number of nitrogens with zero attached hydrogens (tertiary/aromatic N) is 1. The number of halogens is 1. The summed E-state index contributed by atoms with van der Waals surface area (Å²) in [5, 5.41) is 10.2. The van der Waals surface area contributed by atoms with Crippen molar-refractivity contribution in [2.75, 3.05) is 29.0 Å². The van der Waals surface area contributed by atoms with Gasteiger partial charge < -0.3 is 16.0 Å². The number of nitrogens with one attached hydrogen (secondary N) is 3. The van der Waals surface area contributed by atoms with E-state index < -0.39 is 10.9 Å². The van der Waals surface area contributed by atoms with Gasteiger partial charge in [-0.3, -0.25) is 14.6 Å². The van der Waals surface area contributed by atoms with Crippen LogP contribution in [0.2, 0.25) is 5.02 Å². The minimum atomic E-state index is -0.486. The predicted octanol–water partition coefficient (Wildman–Crippen LogP) is 4.16. The highest BCUT2D eigenvalue weighted by atomic mass is 35.5. The van der Waals surface area contributed by atoms with E-state index in [2.05, 4.69) is 20.9 Å². The Morgan fingerprint density at radius 3 is 2.14 bits per heavy atom. The fourth-order valence-corrected chi connectivity index (χ4v) is 3.00. The third-order valence-corrected chi connectivity index (χ3v) is 4.67. The molecule has 0 aliphatic heterocycles. The minimum Gasteiger partial charge on any atom is -0.385 e. The van der Waals surface area contributed by atoms with Crippen LogP contribution in [0.15, 0.2) is 58.4 Å². The molecule has 0 aliphatic rings. The van der Waals surface area contributed by atoms with E-state index in [4.69, 9.17) is 11.6 Å². The largest absolute Gasteiger partial charge is 0.385 e. The first-order valence-electron chi connectivity index (χ1n) is 9.39. The van der Waals surface area contributed by atoms with Gasteiger partial charge in [-0.15, -0.1) is 0 Å². The van der Waals surface area contributed by atoms with E-state index in [0.717, 1.165) is 42.9 Å². The van der Waals surface area contributed by atoms with Crippen LogP contribution in [0.1, 0.15) is 25.7 Å². The van der Waals surface area contributed by atoms with Gasteiger partial charge in [-0.2, -0.15) is 0 Å². The summed E-state index contributed by atoms with van der Waals surface area (Å²) in [6, 6.07) is 11.2. The van der Waals surface area contributed by atoms with Crippen molar-refractivity contribution in [1.82, 2.24) is 4.98 Å². The zero-order valence-electron chi connectivity index (χ0n) is 15.5. The zero-order chi connectivity index (χ0) is 19.8. The molecule has 28 heavy (non-hydrogen) atoms. The average Bonchev–Trinajstić information content (AvgIpc) is 2.73. The van der Waals surface area contributed by atoms with Crippen LogP contribution in [0.5, 0.6) is 0 Å². The summed E-state index contributed by atoms with van der Waals surface area (Å²) in [7, 11) is 0. The topological polar surface area (TPSA) is 83.1 Å². The normalized spacial score (nSPS) is 10.8. The number of pyridine rings is 1. The quantitative estimate of drug-likeness (QED) is 0.332. The molecule has 0 saturated carbocycles. The molecule has 0 amide bonds. The summed E-state index contributed by atoms with van der Waals surface area (Å²) >= 11 is 5.86. The van der Waals surface area contributed by atoms with Crippen LogP contribution in [-0.4, -0.2) is 18.1 Å². The Morgan fingerprint density at radius 1 is 0.786 bits per heavy atom. The Labute approximate surface area is 168 Å². The molecule has 0 spiro atoms. The smallest absolute Gasteiger partial charge is 0.253 e. The Bertz CT molecular complexity index is 951. The fraction of sp³-hybridized carbons (Fsp3) is 0.286. The van der Waals surface area contributed by atoms with Gasteiger partial charge >= 0.3 is 0 Å². The van der Waals surface area contributed by atoms with Gasteiger partial charge in [0.25, 0.3) is 10.9 Å². The number of benzene rings is 1. The van der Waals surface area contributed by atoms with Gasteiger partial charge in [0.1, 0.15) is 11.4 Å². The third kappa shape index (κ3) is 5.33. The van der Waals surface area contributed by atoms with E-state index in [-0.39, 0.29) is 0 Å². The lowest BCUT2D eigenvalue weighted by Crippen LogP contribution is -2.36. The van der Waals surface area contributed by atoms with Gasteiger partial charge in [-0.25, -0.2) is 0 Å². The summed E-state index contributed by atoms with van der Waals surface area (Å²) in [6.45, 7) is 1.57. The average molecular weight is 399 g/mol. The Hall–Kier alpha value is -2.86. The first kappa shape index (κ1) is 19.9. The lowest BCUT2D eigenvalue weighted by molar-refractivity contribution is 0.670. The first-order chi connectivity index (χ1) is 13.6. The van der Waals surface area contributed by atoms with Gasteiger partial charge in [0.15, 0.2) is 0 Å². The molecule has 3 N–H and O–H groups in total. The molecule has 1 heterocycles. The second-order valence-corrected chi connectivity index (χ2v) is 6.99. The van der Waals surface area contributed by atoms with Crippen LogP contribution in [0.25, 0.3) is 0 Å². The van der Waals surface area contributed by atoms with Crippen molar-refractivity contribution < 1.29 is 0 Å². The Balaban J connectivity index is 1.32. The maximum atomic E-state index is 11.8. The number of hydrogen-bond donors (Lipinski definition) is 3. The van der Waals surface area contributed by atoms with Crippen LogP contribution in [0.4, 0.5) is 22.7 Å². The van der Waals surface area contributed by atoms with Crippen molar-refractivity contribution >= 4 is 34.4 Å². The van der Waals surface area contributed by atoms with E-state index in [1.165, 1.54) is 0 Å². The molecule has 0 aliphatic carbocycles. The maximum absolute atomic E-state index is 11.8. The Kier molecular flexibility index (Phi) is 7.03. The lowest BCUT2D eigenvalue weighted by atomic mass is 10.1. The van der Waals surface area contributed by atoms with Crippen LogP contribution < -0.4 is 26.8 Å². The number of anilines is 4. The second-order valence-electron chi connectivity index (χ2n) is 6.55. The molecule has 3 aromatic rings. The molecule has 0 bridgehead atoms. The lowest BCUT2D eigenvalue weighted by Gasteiger charge is -2.14. The molecule has 0 radical (unpaired) electrons. The molecule has 146 valence electrons. The predicted molar refractivity (Wildman–Crippen MR) is 116 cm³/mol. The monoisotopic (exact) mass is 398 g/mol. The third-order valence-electron chi connectivity index (χ3n) is 4.42. The van der Waals surface area contributed by atoms with E-state index in [1.54, 1.807) is 24.5 Å². The number of aromatic nitrogens is 1. The number of hydrogen-bond acceptors (Lipinski definition) is 6. The zero-order valence-corrected chi connectivity index (χ0v) is 16.3.